The van der Waals surface area contributed by atoms with Crippen LogP contribution < -0.4 is 10.2 Å². The van der Waals surface area contributed by atoms with E-state index in [0.29, 0.717) is 6.42 Å². The van der Waals surface area contributed by atoms with Gasteiger partial charge in [-0.05, 0) is 17.7 Å². The molecule has 2 aromatic heterocycles. The summed E-state index contributed by atoms with van der Waals surface area (Å²) in [5.74, 6) is 0.810. The van der Waals surface area contributed by atoms with Gasteiger partial charge in [0.05, 0.1) is 18.0 Å². The van der Waals surface area contributed by atoms with Gasteiger partial charge in [0.2, 0.25) is 5.28 Å². The summed E-state index contributed by atoms with van der Waals surface area (Å²) in [5.41, 5.74) is 1.70. The van der Waals surface area contributed by atoms with E-state index >= 15 is 0 Å². The number of hydrogen-bond donors (Lipinski definition) is 2. The molecule has 98 valence electrons. The summed E-state index contributed by atoms with van der Waals surface area (Å²) in [6, 6.07) is 4.24. The van der Waals surface area contributed by atoms with E-state index in [4.69, 9.17) is 16.9 Å². The molecule has 3 rings (SSSR count). The minimum Gasteiger partial charge on any atom is -0.357 e. The highest BCUT2D eigenvalue weighted by Crippen LogP contribution is 2.25. The van der Waals surface area contributed by atoms with Crippen LogP contribution in [0.1, 0.15) is 6.42 Å². The Morgan fingerprint density at radius 2 is 2.42 bits per heavy atom. The number of anilines is 1. The Balaban J connectivity index is 1.95. The van der Waals surface area contributed by atoms with Crippen LogP contribution in [0.3, 0.4) is 0 Å². The molecule has 7 heteroatoms. The number of nitriles is 1. The highest BCUT2D eigenvalue weighted by atomic mass is 35.5. The Hall–Kier alpha value is -1.84. The zero-order valence-corrected chi connectivity index (χ0v) is 11.0. The summed E-state index contributed by atoms with van der Waals surface area (Å²) in [7, 11) is 0. The standard InChI is InChI=1S/C12H13ClN6/c13-12-17-9-2-4-16-10(9)11(18-12)19-6-5-15-8(7-19)1-3-14/h2,4,8,15-16H,1,5-7H2/t8-/m0/s1. The van der Waals surface area contributed by atoms with Gasteiger partial charge in [-0.1, -0.05) is 0 Å². The van der Waals surface area contributed by atoms with E-state index < -0.39 is 0 Å². The number of H-pyrrole nitrogens is 1. The normalized spacial score (nSPS) is 19.6. The lowest BCUT2D eigenvalue weighted by atomic mass is 10.1. The summed E-state index contributed by atoms with van der Waals surface area (Å²) in [4.78, 5) is 13.8. The average Bonchev–Trinajstić information content (AvgIpc) is 2.86. The summed E-state index contributed by atoms with van der Waals surface area (Å²) in [6.45, 7) is 2.41. The van der Waals surface area contributed by atoms with E-state index in [-0.39, 0.29) is 11.3 Å². The van der Waals surface area contributed by atoms with Gasteiger partial charge in [-0.2, -0.15) is 10.2 Å². The van der Waals surface area contributed by atoms with Crippen molar-refractivity contribution in [3.63, 3.8) is 0 Å². The third kappa shape index (κ3) is 2.35. The van der Waals surface area contributed by atoms with Crippen LogP contribution in [0, 0.1) is 11.3 Å². The van der Waals surface area contributed by atoms with E-state index in [1.54, 1.807) is 0 Å². The fourth-order valence-electron chi connectivity index (χ4n) is 2.39. The van der Waals surface area contributed by atoms with Crippen molar-refractivity contribution in [3.8, 4) is 6.07 Å². The molecule has 0 saturated carbocycles. The molecule has 2 N–H and O–H groups in total. The van der Waals surface area contributed by atoms with Crippen LogP contribution in [0.4, 0.5) is 5.82 Å². The van der Waals surface area contributed by atoms with E-state index in [1.807, 2.05) is 12.3 Å². The number of piperazine rings is 1. The molecule has 0 unspecified atom stereocenters. The Labute approximate surface area is 115 Å². The van der Waals surface area contributed by atoms with E-state index in [9.17, 15) is 0 Å². The zero-order valence-electron chi connectivity index (χ0n) is 10.2. The molecule has 19 heavy (non-hydrogen) atoms. The van der Waals surface area contributed by atoms with Gasteiger partial charge in [-0.15, -0.1) is 0 Å². The number of aromatic amines is 1. The van der Waals surface area contributed by atoms with Gasteiger partial charge in [-0.25, -0.2) is 4.98 Å². The molecule has 1 atom stereocenters. The fourth-order valence-corrected chi connectivity index (χ4v) is 2.57. The van der Waals surface area contributed by atoms with Crippen molar-refractivity contribution in [2.24, 2.45) is 0 Å². The summed E-state index contributed by atoms with van der Waals surface area (Å²) >= 11 is 5.97. The minimum absolute atomic E-state index is 0.164. The number of nitrogens with zero attached hydrogens (tertiary/aromatic N) is 4. The van der Waals surface area contributed by atoms with E-state index in [1.165, 1.54) is 0 Å². The Morgan fingerprint density at radius 3 is 3.26 bits per heavy atom. The van der Waals surface area contributed by atoms with Gasteiger partial charge in [0.1, 0.15) is 5.52 Å². The summed E-state index contributed by atoms with van der Waals surface area (Å²) in [5, 5.41) is 12.4. The van der Waals surface area contributed by atoms with Crippen LogP contribution in [0.25, 0.3) is 11.0 Å². The van der Waals surface area contributed by atoms with Crippen LogP contribution in [0.15, 0.2) is 12.3 Å². The molecule has 1 aliphatic heterocycles. The molecule has 1 fully saturated rings. The molecule has 1 aliphatic rings. The van der Waals surface area contributed by atoms with Crippen molar-refractivity contribution in [2.75, 3.05) is 24.5 Å². The molecule has 0 spiro atoms. The first-order valence-corrected chi connectivity index (χ1v) is 6.51. The van der Waals surface area contributed by atoms with Gasteiger partial charge in [0.25, 0.3) is 0 Å². The first kappa shape index (κ1) is 12.2. The number of fused-ring (bicyclic) bond motifs is 1. The zero-order chi connectivity index (χ0) is 13.2. The lowest BCUT2D eigenvalue weighted by Gasteiger charge is -2.33. The minimum atomic E-state index is 0.164. The molecule has 2 aromatic rings. The maximum absolute atomic E-state index is 8.80. The highest BCUT2D eigenvalue weighted by molar-refractivity contribution is 6.28. The predicted molar refractivity (Wildman–Crippen MR) is 73.1 cm³/mol. The second-order valence-corrected chi connectivity index (χ2v) is 4.85. The van der Waals surface area contributed by atoms with E-state index in [2.05, 4.69) is 31.2 Å². The monoisotopic (exact) mass is 276 g/mol. The summed E-state index contributed by atoms with van der Waals surface area (Å²) < 4.78 is 0. The Bertz CT molecular complexity index is 631. The molecule has 3 heterocycles. The molecule has 0 aromatic carbocycles. The SMILES string of the molecule is N#CC[C@H]1CN(c2nc(Cl)nc3cc[nH]c23)CCN1. The second-order valence-electron chi connectivity index (χ2n) is 4.51. The number of hydrogen-bond acceptors (Lipinski definition) is 5. The van der Waals surface area contributed by atoms with Gasteiger partial charge < -0.3 is 15.2 Å². The van der Waals surface area contributed by atoms with Crippen molar-refractivity contribution in [2.45, 2.75) is 12.5 Å². The molecular formula is C12H13ClN6. The van der Waals surface area contributed by atoms with Gasteiger partial charge >= 0.3 is 0 Å². The van der Waals surface area contributed by atoms with Crippen LogP contribution >= 0.6 is 11.6 Å². The van der Waals surface area contributed by atoms with Crippen molar-refractivity contribution in [1.29, 1.82) is 5.26 Å². The fraction of sp³-hybridized carbons (Fsp3) is 0.417. The highest BCUT2D eigenvalue weighted by Gasteiger charge is 2.22. The van der Waals surface area contributed by atoms with E-state index in [0.717, 1.165) is 36.5 Å². The molecule has 0 radical (unpaired) electrons. The Morgan fingerprint density at radius 1 is 1.53 bits per heavy atom. The maximum Gasteiger partial charge on any atom is 0.225 e. The number of aromatic nitrogens is 3. The first-order chi connectivity index (χ1) is 9.28. The maximum atomic E-state index is 8.80. The van der Waals surface area contributed by atoms with Crippen molar-refractivity contribution in [1.82, 2.24) is 20.3 Å². The Kier molecular flexibility index (Phi) is 3.23. The molecule has 0 bridgehead atoms. The molecule has 0 aliphatic carbocycles. The first-order valence-electron chi connectivity index (χ1n) is 6.14. The summed E-state index contributed by atoms with van der Waals surface area (Å²) in [6.07, 6.45) is 2.32. The smallest absolute Gasteiger partial charge is 0.225 e. The third-order valence-corrected chi connectivity index (χ3v) is 3.42. The number of halogens is 1. The molecule has 0 amide bonds. The van der Waals surface area contributed by atoms with Crippen LogP contribution in [0.5, 0.6) is 0 Å². The van der Waals surface area contributed by atoms with Gasteiger partial charge in [-0.3, -0.25) is 0 Å². The number of nitrogens with one attached hydrogen (secondary N) is 2. The van der Waals surface area contributed by atoms with Crippen molar-refractivity contribution < 1.29 is 0 Å². The average molecular weight is 277 g/mol. The second kappa shape index (κ2) is 5.03. The molecule has 6 nitrogen and oxygen atoms in total. The third-order valence-electron chi connectivity index (χ3n) is 3.25. The quantitative estimate of drug-likeness (QED) is 0.808. The lowest BCUT2D eigenvalue weighted by Crippen LogP contribution is -2.51. The lowest BCUT2D eigenvalue weighted by molar-refractivity contribution is 0.461. The van der Waals surface area contributed by atoms with Gasteiger partial charge in [0.15, 0.2) is 5.82 Å². The molecular weight excluding hydrogens is 264 g/mol. The van der Waals surface area contributed by atoms with Crippen LogP contribution in [-0.4, -0.2) is 40.6 Å². The largest absolute Gasteiger partial charge is 0.357 e. The topological polar surface area (TPSA) is 80.6 Å². The van der Waals surface area contributed by atoms with Crippen LogP contribution in [-0.2, 0) is 0 Å². The number of rotatable bonds is 2. The predicted octanol–water partition coefficient (Wildman–Crippen LogP) is 1.30. The molecule has 1 saturated heterocycles. The van der Waals surface area contributed by atoms with Crippen molar-refractivity contribution >= 4 is 28.5 Å². The van der Waals surface area contributed by atoms with Crippen LogP contribution in [0.2, 0.25) is 5.28 Å². The van der Waals surface area contributed by atoms with Gasteiger partial charge in [0, 0.05) is 31.9 Å². The van der Waals surface area contributed by atoms with Crippen molar-refractivity contribution in [3.05, 3.63) is 17.5 Å².